The molecule has 2 aromatic rings. The topological polar surface area (TPSA) is 45.8 Å². The molecule has 0 saturated carbocycles. The lowest BCUT2D eigenvalue weighted by molar-refractivity contribution is 1.01. The SMILES string of the molecule is C=C/C=C(\C=C)c1ccc2c(=O)[nH]ncc2c1. The van der Waals surface area contributed by atoms with E-state index in [2.05, 4.69) is 23.4 Å². The molecule has 0 aliphatic heterocycles. The van der Waals surface area contributed by atoms with E-state index in [-0.39, 0.29) is 5.56 Å². The van der Waals surface area contributed by atoms with Gasteiger partial charge in [0.1, 0.15) is 0 Å². The van der Waals surface area contributed by atoms with Crippen molar-refractivity contribution in [3.63, 3.8) is 0 Å². The van der Waals surface area contributed by atoms with Crippen LogP contribution in [0.25, 0.3) is 16.3 Å². The number of H-pyrrole nitrogens is 1. The summed E-state index contributed by atoms with van der Waals surface area (Å²) in [5.41, 5.74) is 1.77. The van der Waals surface area contributed by atoms with E-state index in [9.17, 15) is 4.79 Å². The summed E-state index contributed by atoms with van der Waals surface area (Å²) in [5.74, 6) is 0. The molecular weight excluding hydrogens is 212 g/mol. The molecular formula is C14H12N2O. The van der Waals surface area contributed by atoms with Gasteiger partial charge in [0, 0.05) is 5.39 Å². The van der Waals surface area contributed by atoms with Gasteiger partial charge in [-0.15, -0.1) is 0 Å². The predicted molar refractivity (Wildman–Crippen MR) is 70.7 cm³/mol. The lowest BCUT2D eigenvalue weighted by atomic mass is 10.0. The van der Waals surface area contributed by atoms with Gasteiger partial charge in [-0.2, -0.15) is 5.10 Å². The molecule has 0 radical (unpaired) electrons. The molecule has 3 nitrogen and oxygen atoms in total. The van der Waals surface area contributed by atoms with E-state index in [1.165, 1.54) is 0 Å². The summed E-state index contributed by atoms with van der Waals surface area (Å²) in [6, 6.07) is 5.58. The Morgan fingerprint density at radius 3 is 2.88 bits per heavy atom. The number of benzene rings is 1. The van der Waals surface area contributed by atoms with E-state index in [0.29, 0.717) is 5.39 Å². The molecule has 0 amide bonds. The van der Waals surface area contributed by atoms with Crippen molar-refractivity contribution in [3.8, 4) is 0 Å². The van der Waals surface area contributed by atoms with E-state index >= 15 is 0 Å². The van der Waals surface area contributed by atoms with Gasteiger partial charge in [-0.05, 0) is 23.3 Å². The third-order valence-electron chi connectivity index (χ3n) is 2.52. The number of allylic oxidation sites excluding steroid dienone is 4. The van der Waals surface area contributed by atoms with Gasteiger partial charge in [-0.25, -0.2) is 5.10 Å². The van der Waals surface area contributed by atoms with Crippen molar-refractivity contribution in [1.82, 2.24) is 10.2 Å². The zero-order chi connectivity index (χ0) is 12.3. The third kappa shape index (κ3) is 2.08. The molecule has 0 atom stereocenters. The highest BCUT2D eigenvalue weighted by Gasteiger charge is 2.01. The lowest BCUT2D eigenvalue weighted by Gasteiger charge is -2.03. The van der Waals surface area contributed by atoms with Gasteiger partial charge in [0.15, 0.2) is 0 Å². The van der Waals surface area contributed by atoms with Gasteiger partial charge >= 0.3 is 0 Å². The van der Waals surface area contributed by atoms with Crippen molar-refractivity contribution in [3.05, 3.63) is 71.7 Å². The van der Waals surface area contributed by atoms with Gasteiger partial charge in [0.2, 0.25) is 0 Å². The minimum atomic E-state index is -0.179. The van der Waals surface area contributed by atoms with Crippen molar-refractivity contribution in [2.24, 2.45) is 0 Å². The van der Waals surface area contributed by atoms with Crippen LogP contribution in [0.2, 0.25) is 0 Å². The minimum Gasteiger partial charge on any atom is -0.267 e. The number of hydrogen-bond acceptors (Lipinski definition) is 2. The van der Waals surface area contributed by atoms with Crippen molar-refractivity contribution >= 4 is 16.3 Å². The second-order valence-electron chi connectivity index (χ2n) is 3.56. The van der Waals surface area contributed by atoms with Crippen LogP contribution >= 0.6 is 0 Å². The predicted octanol–water partition coefficient (Wildman–Crippen LogP) is 2.68. The molecule has 3 heteroatoms. The first-order valence-electron chi connectivity index (χ1n) is 5.19. The average molecular weight is 224 g/mol. The molecule has 0 bridgehead atoms. The highest BCUT2D eigenvalue weighted by atomic mass is 16.1. The number of aromatic nitrogens is 2. The van der Waals surface area contributed by atoms with Gasteiger partial charge < -0.3 is 0 Å². The van der Waals surface area contributed by atoms with Gasteiger partial charge in [0.05, 0.1) is 11.6 Å². The summed E-state index contributed by atoms with van der Waals surface area (Å²) >= 11 is 0. The quantitative estimate of drug-likeness (QED) is 0.815. The summed E-state index contributed by atoms with van der Waals surface area (Å²) in [4.78, 5) is 11.5. The normalized spacial score (nSPS) is 11.4. The van der Waals surface area contributed by atoms with E-state index in [0.717, 1.165) is 16.5 Å². The first-order chi connectivity index (χ1) is 8.26. The summed E-state index contributed by atoms with van der Waals surface area (Å²) in [6.45, 7) is 7.41. The van der Waals surface area contributed by atoms with Crippen molar-refractivity contribution in [2.45, 2.75) is 0 Å². The van der Waals surface area contributed by atoms with Crippen LogP contribution in [-0.4, -0.2) is 10.2 Å². The number of fused-ring (bicyclic) bond motifs is 1. The van der Waals surface area contributed by atoms with Crippen molar-refractivity contribution in [2.75, 3.05) is 0 Å². The van der Waals surface area contributed by atoms with Crippen LogP contribution in [0, 0.1) is 0 Å². The standard InChI is InChI=1S/C14H12N2O/c1-3-5-10(4-2)11-6-7-13-12(8-11)9-15-16-14(13)17/h3-9H,1-2H2,(H,16,17)/b10-5+. The Kier molecular flexibility index (Phi) is 3.01. The van der Waals surface area contributed by atoms with Crippen LogP contribution in [0.4, 0.5) is 0 Å². The lowest BCUT2D eigenvalue weighted by Crippen LogP contribution is -2.07. The second-order valence-corrected chi connectivity index (χ2v) is 3.56. The van der Waals surface area contributed by atoms with Gasteiger partial charge in [-0.1, -0.05) is 37.5 Å². The molecule has 84 valence electrons. The van der Waals surface area contributed by atoms with E-state index < -0.39 is 0 Å². The maximum Gasteiger partial charge on any atom is 0.272 e. The smallest absolute Gasteiger partial charge is 0.267 e. The fourth-order valence-electron chi connectivity index (χ4n) is 1.69. The van der Waals surface area contributed by atoms with Crippen LogP contribution in [0.15, 0.2) is 60.6 Å². The summed E-state index contributed by atoms with van der Waals surface area (Å²) < 4.78 is 0. The number of rotatable bonds is 3. The van der Waals surface area contributed by atoms with E-state index in [4.69, 9.17) is 0 Å². The van der Waals surface area contributed by atoms with Crippen molar-refractivity contribution in [1.29, 1.82) is 0 Å². The Morgan fingerprint density at radius 2 is 2.18 bits per heavy atom. The van der Waals surface area contributed by atoms with E-state index in [1.807, 2.05) is 18.2 Å². The number of aromatic amines is 1. The van der Waals surface area contributed by atoms with Crippen LogP contribution in [-0.2, 0) is 0 Å². The Hall–Kier alpha value is -2.42. The summed E-state index contributed by atoms with van der Waals surface area (Å²) in [5, 5.41) is 7.63. The highest BCUT2D eigenvalue weighted by molar-refractivity contribution is 5.86. The molecule has 0 saturated heterocycles. The first kappa shape index (κ1) is 11.1. The maximum atomic E-state index is 11.5. The summed E-state index contributed by atoms with van der Waals surface area (Å²) in [7, 11) is 0. The Bertz CT molecular complexity index is 665. The number of nitrogens with zero attached hydrogens (tertiary/aromatic N) is 1. The Labute approximate surface area is 98.8 Å². The summed E-state index contributed by atoms with van der Waals surface area (Å²) in [6.07, 6.45) is 6.96. The minimum absolute atomic E-state index is 0.179. The van der Waals surface area contributed by atoms with Crippen LogP contribution in [0.3, 0.4) is 0 Å². The molecule has 0 aliphatic rings. The van der Waals surface area contributed by atoms with Crippen LogP contribution in [0.5, 0.6) is 0 Å². The fourth-order valence-corrected chi connectivity index (χ4v) is 1.69. The molecule has 1 aromatic heterocycles. The van der Waals surface area contributed by atoms with Crippen LogP contribution < -0.4 is 5.56 Å². The molecule has 0 unspecified atom stereocenters. The van der Waals surface area contributed by atoms with Crippen LogP contribution in [0.1, 0.15) is 5.56 Å². The highest BCUT2D eigenvalue weighted by Crippen LogP contribution is 2.19. The van der Waals surface area contributed by atoms with E-state index in [1.54, 1.807) is 24.4 Å². The Balaban J connectivity index is 2.67. The van der Waals surface area contributed by atoms with Gasteiger partial charge in [-0.3, -0.25) is 4.79 Å². The molecule has 2 rings (SSSR count). The molecule has 0 fully saturated rings. The monoisotopic (exact) mass is 224 g/mol. The molecule has 1 aromatic carbocycles. The zero-order valence-electron chi connectivity index (χ0n) is 9.31. The second kappa shape index (κ2) is 4.61. The fraction of sp³-hybridized carbons (Fsp3) is 0. The Morgan fingerprint density at radius 1 is 1.35 bits per heavy atom. The molecule has 1 N–H and O–H groups in total. The molecule has 0 spiro atoms. The molecule has 17 heavy (non-hydrogen) atoms. The number of nitrogens with one attached hydrogen (secondary N) is 1. The largest absolute Gasteiger partial charge is 0.272 e. The third-order valence-corrected chi connectivity index (χ3v) is 2.52. The van der Waals surface area contributed by atoms with Crippen molar-refractivity contribution < 1.29 is 0 Å². The molecule has 1 heterocycles. The maximum absolute atomic E-state index is 11.5. The zero-order valence-corrected chi connectivity index (χ0v) is 9.31. The molecule has 0 aliphatic carbocycles. The average Bonchev–Trinajstić information content (AvgIpc) is 2.36. The first-order valence-corrected chi connectivity index (χ1v) is 5.19. The van der Waals surface area contributed by atoms with Gasteiger partial charge in [0.25, 0.3) is 5.56 Å². The number of hydrogen-bond donors (Lipinski definition) is 1.